The van der Waals surface area contributed by atoms with Crippen LogP contribution in [0.1, 0.15) is 17.2 Å². The first-order valence-electron chi connectivity index (χ1n) is 11.8. The number of aryl methyl sites for hydroxylation is 2. The maximum Gasteiger partial charge on any atom is 0.261 e. The normalized spacial score (nSPS) is 11.2. The number of imidazole rings is 1. The maximum absolute atomic E-state index is 12.9. The highest BCUT2D eigenvalue weighted by Crippen LogP contribution is 2.26. The lowest BCUT2D eigenvalue weighted by molar-refractivity contribution is 0.459. The van der Waals surface area contributed by atoms with Crippen molar-refractivity contribution >= 4 is 15.7 Å². The van der Waals surface area contributed by atoms with Gasteiger partial charge >= 0.3 is 0 Å². The minimum Gasteiger partial charge on any atom is -0.457 e. The minimum atomic E-state index is -3.79. The number of para-hydroxylation sites is 1. The Kier molecular flexibility index (Phi) is 6.80. The number of nitrogens with zero attached hydrogens (tertiary/aromatic N) is 4. The van der Waals surface area contributed by atoms with Gasteiger partial charge in [0.2, 0.25) is 5.88 Å². The summed E-state index contributed by atoms with van der Waals surface area (Å²) in [6, 6.07) is 23.8. The molecule has 38 heavy (non-hydrogen) atoms. The first-order valence-corrected chi connectivity index (χ1v) is 13.3. The fourth-order valence-electron chi connectivity index (χ4n) is 3.67. The number of sulfonamides is 1. The van der Waals surface area contributed by atoms with Crippen LogP contribution >= 0.6 is 0 Å². The lowest BCUT2D eigenvalue weighted by Crippen LogP contribution is -2.12. The summed E-state index contributed by atoms with van der Waals surface area (Å²) in [5.74, 6) is 3.27. The summed E-state index contributed by atoms with van der Waals surface area (Å²) >= 11 is 0. The van der Waals surface area contributed by atoms with Gasteiger partial charge in [-0.25, -0.2) is 18.4 Å². The van der Waals surface area contributed by atoms with Gasteiger partial charge in [-0.15, -0.1) is 0 Å². The Hall–Kier alpha value is -4.70. The van der Waals surface area contributed by atoms with Gasteiger partial charge in [0.05, 0.1) is 10.6 Å². The lowest BCUT2D eigenvalue weighted by atomic mass is 10.3. The zero-order valence-corrected chi connectivity index (χ0v) is 21.8. The van der Waals surface area contributed by atoms with Gasteiger partial charge in [0.1, 0.15) is 35.2 Å². The maximum atomic E-state index is 12.9. The molecule has 192 valence electrons. The van der Waals surface area contributed by atoms with Crippen LogP contribution in [-0.2, 0) is 10.0 Å². The molecular formula is C28H25N5O4S. The van der Waals surface area contributed by atoms with Gasteiger partial charge in [-0.2, -0.15) is 4.98 Å². The number of anilines is 1. The number of aromatic nitrogens is 4. The predicted octanol–water partition coefficient (Wildman–Crippen LogP) is 5.97. The van der Waals surface area contributed by atoms with E-state index in [1.54, 1.807) is 55.7 Å². The van der Waals surface area contributed by atoms with Crippen molar-refractivity contribution in [1.82, 2.24) is 19.5 Å². The molecule has 0 aliphatic rings. The van der Waals surface area contributed by atoms with E-state index in [0.717, 1.165) is 11.4 Å². The summed E-state index contributed by atoms with van der Waals surface area (Å²) in [5, 5.41) is 0. The fraction of sp³-hybridized carbons (Fsp3) is 0.107. The SMILES string of the molecule is Cc1nc(Oc2ccc(NS(=O)(=O)c3ccc(Oc4ccccc4)cc3)cc2)cc(-n2cnc(C)c2C)n1. The number of hydrogen-bond acceptors (Lipinski definition) is 7. The monoisotopic (exact) mass is 527 g/mol. The highest BCUT2D eigenvalue weighted by Gasteiger charge is 2.15. The van der Waals surface area contributed by atoms with E-state index in [0.29, 0.717) is 40.5 Å². The molecule has 0 aliphatic carbocycles. The Morgan fingerprint density at radius 2 is 1.39 bits per heavy atom. The Bertz CT molecular complexity index is 1670. The topological polar surface area (TPSA) is 108 Å². The molecular weight excluding hydrogens is 502 g/mol. The molecule has 0 radical (unpaired) electrons. The molecule has 0 saturated heterocycles. The van der Waals surface area contributed by atoms with Crippen LogP contribution in [-0.4, -0.2) is 27.9 Å². The summed E-state index contributed by atoms with van der Waals surface area (Å²) in [4.78, 5) is 13.3. The zero-order valence-electron chi connectivity index (χ0n) is 21.0. The summed E-state index contributed by atoms with van der Waals surface area (Å²) in [6.07, 6.45) is 1.71. The summed E-state index contributed by atoms with van der Waals surface area (Å²) in [6.45, 7) is 5.68. The van der Waals surface area contributed by atoms with Crippen molar-refractivity contribution < 1.29 is 17.9 Å². The summed E-state index contributed by atoms with van der Waals surface area (Å²) in [5.41, 5.74) is 2.29. The highest BCUT2D eigenvalue weighted by molar-refractivity contribution is 7.92. The number of hydrogen-bond donors (Lipinski definition) is 1. The molecule has 0 atom stereocenters. The van der Waals surface area contributed by atoms with Crippen LogP contribution in [0.15, 0.2) is 96.2 Å². The van der Waals surface area contributed by atoms with Crippen LogP contribution in [0.25, 0.3) is 5.82 Å². The van der Waals surface area contributed by atoms with E-state index in [9.17, 15) is 8.42 Å². The molecule has 0 spiro atoms. The third-order valence-corrected chi connectivity index (χ3v) is 7.14. The molecule has 0 bridgehead atoms. The Labute approximate surface area is 220 Å². The van der Waals surface area contributed by atoms with Crippen LogP contribution in [0.3, 0.4) is 0 Å². The van der Waals surface area contributed by atoms with E-state index in [4.69, 9.17) is 9.47 Å². The molecule has 5 rings (SSSR count). The van der Waals surface area contributed by atoms with E-state index >= 15 is 0 Å². The number of benzene rings is 3. The van der Waals surface area contributed by atoms with Gasteiger partial charge in [0.25, 0.3) is 10.0 Å². The Balaban J connectivity index is 1.26. The molecule has 9 nitrogen and oxygen atoms in total. The van der Waals surface area contributed by atoms with Gasteiger partial charge < -0.3 is 9.47 Å². The van der Waals surface area contributed by atoms with Crippen molar-refractivity contribution in [3.8, 4) is 28.9 Å². The molecule has 0 unspecified atom stereocenters. The van der Waals surface area contributed by atoms with Gasteiger partial charge in [-0.1, -0.05) is 18.2 Å². The average molecular weight is 528 g/mol. The van der Waals surface area contributed by atoms with Crippen LogP contribution in [0.2, 0.25) is 0 Å². The molecule has 0 saturated carbocycles. The number of ether oxygens (including phenoxy) is 2. The van der Waals surface area contributed by atoms with Crippen molar-refractivity contribution in [3.63, 3.8) is 0 Å². The van der Waals surface area contributed by atoms with Crippen molar-refractivity contribution in [1.29, 1.82) is 0 Å². The van der Waals surface area contributed by atoms with Gasteiger partial charge in [0.15, 0.2) is 0 Å². The molecule has 0 amide bonds. The third-order valence-electron chi connectivity index (χ3n) is 5.74. The molecule has 10 heteroatoms. The molecule has 2 heterocycles. The minimum absolute atomic E-state index is 0.118. The van der Waals surface area contributed by atoms with Crippen LogP contribution in [0.5, 0.6) is 23.1 Å². The van der Waals surface area contributed by atoms with Crippen LogP contribution in [0, 0.1) is 20.8 Å². The molecule has 2 aromatic heterocycles. The smallest absolute Gasteiger partial charge is 0.261 e. The Morgan fingerprint density at radius 1 is 0.763 bits per heavy atom. The zero-order chi connectivity index (χ0) is 26.7. The van der Waals surface area contributed by atoms with E-state index in [1.165, 1.54) is 12.1 Å². The predicted molar refractivity (Wildman–Crippen MR) is 144 cm³/mol. The largest absolute Gasteiger partial charge is 0.457 e. The quantitative estimate of drug-likeness (QED) is 0.265. The van der Waals surface area contributed by atoms with E-state index in [1.807, 2.05) is 48.7 Å². The van der Waals surface area contributed by atoms with Crippen LogP contribution in [0.4, 0.5) is 5.69 Å². The lowest BCUT2D eigenvalue weighted by Gasteiger charge is -2.11. The number of rotatable bonds is 8. The van der Waals surface area contributed by atoms with E-state index in [2.05, 4.69) is 19.7 Å². The van der Waals surface area contributed by atoms with Crippen molar-refractivity contribution in [2.75, 3.05) is 4.72 Å². The molecule has 1 N–H and O–H groups in total. The van der Waals surface area contributed by atoms with Gasteiger partial charge in [0, 0.05) is 17.4 Å². The highest BCUT2D eigenvalue weighted by atomic mass is 32.2. The fourth-order valence-corrected chi connectivity index (χ4v) is 4.73. The standard InChI is InChI=1S/C28H25N5O4S/c1-19-20(2)33(18-29-19)27-17-28(31-21(3)30-27)37-25-11-9-22(10-12-25)32-38(34,35)26-15-13-24(14-16-26)36-23-7-5-4-6-8-23/h4-18,32H,1-3H3. The second-order valence-corrected chi connectivity index (χ2v) is 10.2. The van der Waals surface area contributed by atoms with Crippen molar-refractivity contribution in [2.24, 2.45) is 0 Å². The second-order valence-electron chi connectivity index (χ2n) is 8.52. The van der Waals surface area contributed by atoms with Gasteiger partial charge in [-0.3, -0.25) is 9.29 Å². The average Bonchev–Trinajstić information content (AvgIpc) is 3.23. The van der Waals surface area contributed by atoms with Crippen molar-refractivity contribution in [3.05, 3.63) is 108 Å². The molecule has 0 aliphatic heterocycles. The molecule has 0 fully saturated rings. The van der Waals surface area contributed by atoms with Crippen molar-refractivity contribution in [2.45, 2.75) is 25.7 Å². The molecule has 5 aromatic rings. The van der Waals surface area contributed by atoms with Gasteiger partial charge in [-0.05, 0) is 81.4 Å². The van der Waals surface area contributed by atoms with E-state index < -0.39 is 10.0 Å². The molecule has 3 aromatic carbocycles. The first kappa shape index (κ1) is 25.0. The number of nitrogens with one attached hydrogen (secondary N) is 1. The first-order chi connectivity index (χ1) is 18.3. The third kappa shape index (κ3) is 5.65. The van der Waals surface area contributed by atoms with E-state index in [-0.39, 0.29) is 4.90 Å². The summed E-state index contributed by atoms with van der Waals surface area (Å²) < 4.78 is 41.9. The second kappa shape index (κ2) is 10.3. The summed E-state index contributed by atoms with van der Waals surface area (Å²) in [7, 11) is -3.79. The Morgan fingerprint density at radius 3 is 2.05 bits per heavy atom. The van der Waals surface area contributed by atoms with Crippen LogP contribution < -0.4 is 14.2 Å².